The number of nitrogens with one attached hydrogen (secondary N) is 1. The molecule has 3 unspecified atom stereocenters. The lowest BCUT2D eigenvalue weighted by Gasteiger charge is -2.21. The smallest absolute Gasteiger partial charge is 0.240 e. The number of benzene rings is 1. The highest BCUT2D eigenvalue weighted by molar-refractivity contribution is 7.89. The molecule has 1 aromatic rings. The lowest BCUT2D eigenvalue weighted by atomic mass is 9.94. The molecule has 0 bridgehead atoms. The van der Waals surface area contributed by atoms with Crippen LogP contribution in [0.4, 0.5) is 0 Å². The summed E-state index contributed by atoms with van der Waals surface area (Å²) in [4.78, 5) is 0.320. The largest absolute Gasteiger partial charge is 0.326 e. The molecule has 5 heteroatoms. The molecular formula is C16H26N2O2S. The van der Waals surface area contributed by atoms with E-state index < -0.39 is 10.0 Å². The fourth-order valence-corrected chi connectivity index (χ4v) is 4.70. The fraction of sp³-hybridized carbons (Fsp3) is 0.625. The Balaban J connectivity index is 2.19. The predicted octanol–water partition coefficient (Wildman–Crippen LogP) is 2.56. The van der Waals surface area contributed by atoms with Crippen LogP contribution < -0.4 is 10.5 Å². The molecule has 2 rings (SSSR count). The van der Waals surface area contributed by atoms with Gasteiger partial charge < -0.3 is 5.73 Å². The number of sulfonamides is 1. The summed E-state index contributed by atoms with van der Waals surface area (Å²) in [6.45, 7) is 6.62. The Hall–Kier alpha value is -0.910. The summed E-state index contributed by atoms with van der Waals surface area (Å²) < 4.78 is 28.0. The van der Waals surface area contributed by atoms with Gasteiger partial charge in [0.05, 0.1) is 4.90 Å². The first-order chi connectivity index (χ1) is 9.89. The van der Waals surface area contributed by atoms with Crippen molar-refractivity contribution in [2.75, 3.05) is 0 Å². The highest BCUT2D eigenvalue weighted by atomic mass is 32.2. The van der Waals surface area contributed by atoms with Crippen LogP contribution in [0.1, 0.15) is 44.2 Å². The van der Waals surface area contributed by atoms with E-state index in [4.69, 9.17) is 5.73 Å². The van der Waals surface area contributed by atoms with Gasteiger partial charge in [0.25, 0.3) is 0 Å². The third-order valence-corrected chi connectivity index (χ3v) is 6.40. The van der Waals surface area contributed by atoms with Gasteiger partial charge in [-0.2, -0.15) is 0 Å². The Labute approximate surface area is 128 Å². The van der Waals surface area contributed by atoms with Gasteiger partial charge in [-0.1, -0.05) is 26.3 Å². The van der Waals surface area contributed by atoms with Crippen molar-refractivity contribution >= 4 is 10.0 Å². The van der Waals surface area contributed by atoms with Crippen LogP contribution >= 0.6 is 0 Å². The summed E-state index contributed by atoms with van der Waals surface area (Å²) >= 11 is 0. The van der Waals surface area contributed by atoms with E-state index in [0.717, 1.165) is 30.4 Å². The fourth-order valence-electron chi connectivity index (χ4n) is 3.29. The molecule has 0 saturated heterocycles. The van der Waals surface area contributed by atoms with Crippen molar-refractivity contribution in [3.8, 4) is 0 Å². The lowest BCUT2D eigenvalue weighted by Crippen LogP contribution is -2.37. The van der Waals surface area contributed by atoms with Crippen molar-refractivity contribution in [2.45, 2.75) is 57.5 Å². The van der Waals surface area contributed by atoms with E-state index in [-0.39, 0.29) is 6.04 Å². The quantitative estimate of drug-likeness (QED) is 0.878. The molecule has 1 aliphatic carbocycles. The average molecular weight is 310 g/mol. The molecule has 1 fully saturated rings. The summed E-state index contributed by atoms with van der Waals surface area (Å²) in [5.41, 5.74) is 7.57. The van der Waals surface area contributed by atoms with Gasteiger partial charge in [0, 0.05) is 12.6 Å². The third-order valence-electron chi connectivity index (χ3n) is 4.91. The maximum absolute atomic E-state index is 12.6. The van der Waals surface area contributed by atoms with Gasteiger partial charge in [0.1, 0.15) is 0 Å². The van der Waals surface area contributed by atoms with Gasteiger partial charge in [-0.05, 0) is 54.9 Å². The zero-order chi connectivity index (χ0) is 15.6. The van der Waals surface area contributed by atoms with Gasteiger partial charge in [-0.3, -0.25) is 0 Å². The molecule has 0 aromatic heterocycles. The second-order valence-corrected chi connectivity index (χ2v) is 7.84. The van der Waals surface area contributed by atoms with E-state index in [1.54, 1.807) is 12.1 Å². The van der Waals surface area contributed by atoms with Crippen LogP contribution in [0, 0.1) is 18.8 Å². The number of rotatable bonds is 5. The van der Waals surface area contributed by atoms with Gasteiger partial charge in [0.15, 0.2) is 0 Å². The molecule has 1 aromatic carbocycles. The van der Waals surface area contributed by atoms with E-state index in [1.807, 2.05) is 13.0 Å². The van der Waals surface area contributed by atoms with Crippen LogP contribution in [0.5, 0.6) is 0 Å². The molecule has 0 amide bonds. The maximum atomic E-state index is 12.6. The Morgan fingerprint density at radius 1 is 1.33 bits per heavy atom. The van der Waals surface area contributed by atoms with Crippen LogP contribution in [0.2, 0.25) is 0 Å². The third kappa shape index (κ3) is 3.47. The minimum atomic E-state index is -3.46. The number of hydrogen-bond acceptors (Lipinski definition) is 3. The summed E-state index contributed by atoms with van der Waals surface area (Å²) in [6, 6.07) is 5.22. The van der Waals surface area contributed by atoms with Crippen LogP contribution in [-0.2, 0) is 16.6 Å². The zero-order valence-electron chi connectivity index (χ0n) is 13.1. The van der Waals surface area contributed by atoms with Crippen molar-refractivity contribution in [3.63, 3.8) is 0 Å². The Bertz CT molecular complexity index is 598. The van der Waals surface area contributed by atoms with Crippen LogP contribution in [0.15, 0.2) is 23.1 Å². The monoisotopic (exact) mass is 310 g/mol. The van der Waals surface area contributed by atoms with Crippen molar-refractivity contribution < 1.29 is 8.42 Å². The molecule has 1 aliphatic rings. The number of nitrogens with two attached hydrogens (primary N) is 1. The normalized spacial score (nSPS) is 26.2. The molecular weight excluding hydrogens is 284 g/mol. The molecule has 4 nitrogen and oxygen atoms in total. The average Bonchev–Trinajstić information content (AvgIpc) is 2.79. The van der Waals surface area contributed by atoms with E-state index in [9.17, 15) is 8.42 Å². The summed E-state index contributed by atoms with van der Waals surface area (Å²) in [5, 5.41) is 0. The summed E-state index contributed by atoms with van der Waals surface area (Å²) in [7, 11) is -3.46. The molecule has 21 heavy (non-hydrogen) atoms. The molecule has 3 atom stereocenters. The van der Waals surface area contributed by atoms with Crippen LogP contribution in [-0.4, -0.2) is 14.5 Å². The second kappa shape index (κ2) is 6.46. The molecule has 0 spiro atoms. The minimum absolute atomic E-state index is 0.0441. The number of aryl methyl sites for hydroxylation is 1. The summed E-state index contributed by atoms with van der Waals surface area (Å²) in [6.07, 6.45) is 3.14. The van der Waals surface area contributed by atoms with E-state index in [0.29, 0.717) is 23.3 Å². The van der Waals surface area contributed by atoms with Crippen molar-refractivity contribution in [2.24, 2.45) is 17.6 Å². The van der Waals surface area contributed by atoms with E-state index in [2.05, 4.69) is 18.6 Å². The van der Waals surface area contributed by atoms with Gasteiger partial charge in [0.2, 0.25) is 10.0 Å². The first kappa shape index (κ1) is 16.5. The maximum Gasteiger partial charge on any atom is 0.240 e. The Kier molecular flexibility index (Phi) is 5.07. The standard InChI is InChI=1S/C16H26N2O2S/c1-4-13-6-8-16(12(13)3)18-21(19,20)15-7-5-11(2)14(9-15)10-17/h5,7,9,12-13,16,18H,4,6,8,10,17H2,1-3H3. The van der Waals surface area contributed by atoms with Crippen LogP contribution in [0.25, 0.3) is 0 Å². The van der Waals surface area contributed by atoms with Gasteiger partial charge in [-0.25, -0.2) is 13.1 Å². The van der Waals surface area contributed by atoms with Gasteiger partial charge in [-0.15, -0.1) is 0 Å². The topological polar surface area (TPSA) is 72.2 Å². The van der Waals surface area contributed by atoms with Crippen molar-refractivity contribution in [1.82, 2.24) is 4.72 Å². The number of hydrogen-bond donors (Lipinski definition) is 2. The molecule has 118 valence electrons. The first-order valence-electron chi connectivity index (χ1n) is 7.71. The van der Waals surface area contributed by atoms with Gasteiger partial charge >= 0.3 is 0 Å². The Morgan fingerprint density at radius 3 is 2.62 bits per heavy atom. The molecule has 0 radical (unpaired) electrons. The van der Waals surface area contributed by atoms with Crippen molar-refractivity contribution in [3.05, 3.63) is 29.3 Å². The summed E-state index contributed by atoms with van der Waals surface area (Å²) in [5.74, 6) is 1.01. The van der Waals surface area contributed by atoms with Crippen LogP contribution in [0.3, 0.4) is 0 Å². The Morgan fingerprint density at radius 2 is 2.05 bits per heavy atom. The predicted molar refractivity (Wildman–Crippen MR) is 85.4 cm³/mol. The first-order valence-corrected chi connectivity index (χ1v) is 9.19. The minimum Gasteiger partial charge on any atom is -0.326 e. The lowest BCUT2D eigenvalue weighted by molar-refractivity contribution is 0.368. The molecule has 3 N–H and O–H groups in total. The van der Waals surface area contributed by atoms with Crippen molar-refractivity contribution in [1.29, 1.82) is 0 Å². The molecule has 0 aliphatic heterocycles. The second-order valence-electron chi connectivity index (χ2n) is 6.12. The molecule has 1 saturated carbocycles. The van der Waals surface area contributed by atoms with E-state index in [1.165, 1.54) is 0 Å². The SMILES string of the molecule is CCC1CCC(NS(=O)(=O)c2ccc(C)c(CN)c2)C1C. The zero-order valence-corrected chi connectivity index (χ0v) is 13.9. The molecule has 0 heterocycles. The highest BCUT2D eigenvalue weighted by Gasteiger charge is 2.34. The van der Waals surface area contributed by atoms with E-state index >= 15 is 0 Å². The highest BCUT2D eigenvalue weighted by Crippen LogP contribution is 2.34.